The highest BCUT2D eigenvalue weighted by atomic mass is 35.5. The summed E-state index contributed by atoms with van der Waals surface area (Å²) < 4.78 is 0. The number of alkyl halides is 1. The topological polar surface area (TPSA) is 0 Å². The zero-order valence-corrected chi connectivity index (χ0v) is 7.12. The maximum absolute atomic E-state index is 5.46. The molecule has 0 amide bonds. The van der Waals surface area contributed by atoms with Crippen LogP contribution in [0.25, 0.3) is 0 Å². The second kappa shape index (κ2) is 8.59. The molecule has 0 radical (unpaired) electrons. The first-order valence-electron chi connectivity index (χ1n) is 3.54. The fourth-order valence-electron chi connectivity index (χ4n) is 0.493. The van der Waals surface area contributed by atoms with Gasteiger partial charge < -0.3 is 0 Å². The number of rotatable bonds is 3. The van der Waals surface area contributed by atoms with Crippen molar-refractivity contribution < 1.29 is 0 Å². The summed E-state index contributed by atoms with van der Waals surface area (Å²) in [6, 6.07) is 0. The smallest absolute Gasteiger partial charge is 0.0269 e. The van der Waals surface area contributed by atoms with Crippen molar-refractivity contribution in [2.24, 2.45) is 0 Å². The average Bonchev–Trinajstić information content (AvgIpc) is 1.97. The lowest BCUT2D eigenvalue weighted by molar-refractivity contribution is 0.990. The maximum Gasteiger partial charge on any atom is 0.0269 e. The molecule has 0 atom stereocenters. The van der Waals surface area contributed by atoms with Gasteiger partial charge in [-0.15, -0.1) is 17.5 Å². The highest BCUT2D eigenvalue weighted by Gasteiger charge is 1.76. The van der Waals surface area contributed by atoms with E-state index in [-0.39, 0.29) is 0 Å². The molecule has 0 aromatic heterocycles. The van der Waals surface area contributed by atoms with E-state index in [4.69, 9.17) is 11.6 Å². The largest absolute Gasteiger partial charge is 0.127 e. The van der Waals surface area contributed by atoms with Gasteiger partial charge in [0.1, 0.15) is 0 Å². The van der Waals surface area contributed by atoms with Crippen LogP contribution >= 0.6 is 11.6 Å². The Labute approximate surface area is 68.3 Å². The highest BCUT2D eigenvalue weighted by Crippen LogP contribution is 1.89. The third-order valence-corrected chi connectivity index (χ3v) is 1.28. The molecule has 0 aliphatic heterocycles. The van der Waals surface area contributed by atoms with Crippen LogP contribution in [0.3, 0.4) is 0 Å². The van der Waals surface area contributed by atoms with Crippen LogP contribution in [0.1, 0.15) is 26.2 Å². The van der Waals surface area contributed by atoms with Crippen LogP contribution in [0, 0.1) is 11.8 Å². The van der Waals surface area contributed by atoms with E-state index >= 15 is 0 Å². The van der Waals surface area contributed by atoms with Crippen molar-refractivity contribution in [2.75, 3.05) is 5.88 Å². The normalized spacial score (nSPS) is 9.40. The van der Waals surface area contributed by atoms with Crippen molar-refractivity contribution in [1.29, 1.82) is 0 Å². The zero-order valence-electron chi connectivity index (χ0n) is 6.36. The fraction of sp³-hybridized carbons (Fsp3) is 0.556. The monoisotopic (exact) mass is 156 g/mol. The van der Waals surface area contributed by atoms with E-state index in [2.05, 4.69) is 11.8 Å². The highest BCUT2D eigenvalue weighted by molar-refractivity contribution is 6.17. The Morgan fingerprint density at radius 2 is 2.20 bits per heavy atom. The molecule has 0 N–H and O–H groups in total. The van der Waals surface area contributed by atoms with Crippen molar-refractivity contribution in [1.82, 2.24) is 0 Å². The second-order valence-electron chi connectivity index (χ2n) is 1.92. The Morgan fingerprint density at radius 3 is 2.80 bits per heavy atom. The molecule has 10 heavy (non-hydrogen) atoms. The SMILES string of the molecule is C/C=C/CC#CCCCCl. The van der Waals surface area contributed by atoms with E-state index in [0.29, 0.717) is 0 Å². The number of unbranched alkanes of at least 4 members (excludes halogenated alkanes) is 1. The first kappa shape index (κ1) is 9.59. The van der Waals surface area contributed by atoms with Gasteiger partial charge in [0.2, 0.25) is 0 Å². The molecule has 0 aromatic rings. The summed E-state index contributed by atoms with van der Waals surface area (Å²) in [5.74, 6) is 6.78. The van der Waals surface area contributed by atoms with Gasteiger partial charge in [-0.25, -0.2) is 0 Å². The Kier molecular flexibility index (Phi) is 8.24. The van der Waals surface area contributed by atoms with Gasteiger partial charge in [0, 0.05) is 18.7 Å². The van der Waals surface area contributed by atoms with Crippen LogP contribution in [0.4, 0.5) is 0 Å². The molecule has 1 heteroatoms. The van der Waals surface area contributed by atoms with Crippen LogP contribution < -0.4 is 0 Å². The van der Waals surface area contributed by atoms with Gasteiger partial charge in [0.15, 0.2) is 0 Å². The minimum absolute atomic E-state index is 0.721. The fourth-order valence-corrected chi connectivity index (χ4v) is 0.626. The van der Waals surface area contributed by atoms with Gasteiger partial charge >= 0.3 is 0 Å². The molecule has 0 heterocycles. The quantitative estimate of drug-likeness (QED) is 0.255. The zero-order chi connectivity index (χ0) is 7.66. The molecule has 0 saturated heterocycles. The Morgan fingerprint density at radius 1 is 1.40 bits per heavy atom. The second-order valence-corrected chi connectivity index (χ2v) is 2.30. The summed E-state index contributed by atoms with van der Waals surface area (Å²) >= 11 is 5.46. The van der Waals surface area contributed by atoms with Gasteiger partial charge in [-0.3, -0.25) is 0 Å². The molecule has 56 valence electrons. The summed E-state index contributed by atoms with van der Waals surface area (Å²) in [5.41, 5.74) is 0. The van der Waals surface area contributed by atoms with E-state index < -0.39 is 0 Å². The third kappa shape index (κ3) is 7.59. The molecular formula is C9H13Cl. The van der Waals surface area contributed by atoms with Crippen molar-refractivity contribution in [2.45, 2.75) is 26.2 Å². The minimum atomic E-state index is 0.721. The van der Waals surface area contributed by atoms with Crippen LogP contribution in [0.2, 0.25) is 0 Å². The molecule has 0 aromatic carbocycles. The molecule has 0 fully saturated rings. The van der Waals surface area contributed by atoms with Crippen LogP contribution in [0.5, 0.6) is 0 Å². The summed E-state index contributed by atoms with van der Waals surface area (Å²) in [5, 5.41) is 0. The first-order chi connectivity index (χ1) is 4.91. The Bertz CT molecular complexity index is 137. The average molecular weight is 157 g/mol. The van der Waals surface area contributed by atoms with E-state index in [1.807, 2.05) is 19.1 Å². The van der Waals surface area contributed by atoms with E-state index in [0.717, 1.165) is 25.1 Å². The van der Waals surface area contributed by atoms with E-state index in [9.17, 15) is 0 Å². The number of allylic oxidation sites excluding steroid dienone is 2. The van der Waals surface area contributed by atoms with Gasteiger partial charge in [-0.05, 0) is 13.3 Å². The first-order valence-corrected chi connectivity index (χ1v) is 4.08. The van der Waals surface area contributed by atoms with Crippen LogP contribution in [-0.2, 0) is 0 Å². The molecule has 0 spiro atoms. The van der Waals surface area contributed by atoms with Crippen molar-refractivity contribution >= 4 is 11.6 Å². The molecule has 0 rings (SSSR count). The molecule has 0 aliphatic rings. The van der Waals surface area contributed by atoms with E-state index in [1.165, 1.54) is 0 Å². The van der Waals surface area contributed by atoms with Gasteiger partial charge in [0.25, 0.3) is 0 Å². The Hall–Kier alpha value is -0.410. The van der Waals surface area contributed by atoms with Crippen molar-refractivity contribution in [3.8, 4) is 11.8 Å². The van der Waals surface area contributed by atoms with Crippen molar-refractivity contribution in [3.05, 3.63) is 12.2 Å². The van der Waals surface area contributed by atoms with Crippen LogP contribution in [-0.4, -0.2) is 5.88 Å². The third-order valence-electron chi connectivity index (χ3n) is 1.02. The molecule has 0 saturated carbocycles. The van der Waals surface area contributed by atoms with Crippen molar-refractivity contribution in [3.63, 3.8) is 0 Å². The predicted molar refractivity (Wildman–Crippen MR) is 47.2 cm³/mol. The number of hydrogen-bond donors (Lipinski definition) is 0. The number of hydrogen-bond acceptors (Lipinski definition) is 0. The number of halogens is 1. The Balaban J connectivity index is 3.14. The molecule has 0 nitrogen and oxygen atoms in total. The summed E-state index contributed by atoms with van der Waals surface area (Å²) in [6.45, 7) is 2.00. The molecule has 0 aliphatic carbocycles. The molecular weight excluding hydrogens is 144 g/mol. The van der Waals surface area contributed by atoms with Crippen LogP contribution in [0.15, 0.2) is 12.2 Å². The lowest BCUT2D eigenvalue weighted by atomic mass is 10.3. The van der Waals surface area contributed by atoms with Gasteiger partial charge in [-0.1, -0.05) is 18.1 Å². The molecule has 0 bridgehead atoms. The summed E-state index contributed by atoms with van der Waals surface area (Å²) in [7, 11) is 0. The standard InChI is InChI=1S/C9H13Cl/c1-2-3-4-5-6-7-8-9-10/h2-3H,4,7-9H2,1H3/b3-2+. The minimum Gasteiger partial charge on any atom is -0.127 e. The van der Waals surface area contributed by atoms with Gasteiger partial charge in [0.05, 0.1) is 0 Å². The molecule has 0 unspecified atom stereocenters. The van der Waals surface area contributed by atoms with Gasteiger partial charge in [-0.2, -0.15) is 0 Å². The lowest BCUT2D eigenvalue weighted by Gasteiger charge is -1.81. The van der Waals surface area contributed by atoms with E-state index in [1.54, 1.807) is 0 Å². The predicted octanol–water partition coefficient (Wildman–Crippen LogP) is 2.98. The summed E-state index contributed by atoms with van der Waals surface area (Å²) in [4.78, 5) is 0. The maximum atomic E-state index is 5.46. The summed E-state index contributed by atoms with van der Waals surface area (Å²) in [6.07, 6.45) is 6.87. The lowest BCUT2D eigenvalue weighted by Crippen LogP contribution is -1.70.